The summed E-state index contributed by atoms with van der Waals surface area (Å²) < 4.78 is 19.9. The van der Waals surface area contributed by atoms with Gasteiger partial charge in [-0.05, 0) is 87.5 Å². The van der Waals surface area contributed by atoms with E-state index in [-0.39, 0.29) is 5.91 Å². The maximum absolute atomic E-state index is 13.8. The van der Waals surface area contributed by atoms with Gasteiger partial charge < -0.3 is 15.0 Å². The van der Waals surface area contributed by atoms with Crippen molar-refractivity contribution in [3.8, 4) is 16.9 Å². The number of carbonyl (C=O) groups is 1. The van der Waals surface area contributed by atoms with Crippen LogP contribution in [0, 0.1) is 5.92 Å². The molecule has 1 aliphatic rings. The van der Waals surface area contributed by atoms with Crippen LogP contribution in [-0.2, 0) is 0 Å². The van der Waals surface area contributed by atoms with E-state index in [0.29, 0.717) is 24.6 Å². The van der Waals surface area contributed by atoms with Crippen molar-refractivity contribution in [3.63, 3.8) is 0 Å². The average Bonchev–Trinajstić information content (AvgIpc) is 2.81. The molecule has 0 atom stereocenters. The second kappa shape index (κ2) is 12.2. The van der Waals surface area contributed by atoms with Crippen LogP contribution in [0.25, 0.3) is 11.1 Å². The molecule has 2 aromatic rings. The molecule has 180 valence electrons. The van der Waals surface area contributed by atoms with Gasteiger partial charge in [-0.3, -0.25) is 4.79 Å². The fourth-order valence-electron chi connectivity index (χ4n) is 4.29. The molecule has 1 amide bonds. The quantitative estimate of drug-likeness (QED) is 0.416. The minimum atomic E-state index is -1.13. The summed E-state index contributed by atoms with van der Waals surface area (Å²) in [7, 11) is 0. The van der Waals surface area contributed by atoms with Crippen molar-refractivity contribution in [2.45, 2.75) is 58.5 Å². The van der Waals surface area contributed by atoms with Crippen LogP contribution in [0.1, 0.15) is 63.2 Å². The van der Waals surface area contributed by atoms with E-state index in [0.717, 1.165) is 68.6 Å². The SMILES string of the molecule is CCCCCNC(=O)c1ccc(-c2ccc(OCC3CCN(CC(C)(C)F)CC3)cc2)cc1. The number of nitrogens with one attached hydrogen (secondary N) is 1. The molecular formula is C28H39FN2O2. The number of ether oxygens (including phenoxy) is 1. The number of amides is 1. The highest BCUT2D eigenvalue weighted by atomic mass is 19.1. The molecule has 0 aliphatic carbocycles. The number of carbonyl (C=O) groups excluding carboxylic acids is 1. The fourth-order valence-corrected chi connectivity index (χ4v) is 4.29. The molecule has 0 aromatic heterocycles. The van der Waals surface area contributed by atoms with Crippen molar-refractivity contribution in [1.29, 1.82) is 0 Å². The van der Waals surface area contributed by atoms with Gasteiger partial charge in [-0.25, -0.2) is 4.39 Å². The Balaban J connectivity index is 1.44. The Kier molecular flexibility index (Phi) is 9.30. The van der Waals surface area contributed by atoms with Gasteiger partial charge in [-0.1, -0.05) is 44.0 Å². The standard InChI is InChI=1S/C28H39FN2O2/c1-4-5-6-17-30-27(32)25-9-7-23(8-10-25)24-11-13-26(14-12-24)33-20-22-15-18-31(19-16-22)21-28(2,3)29/h7-14,22H,4-6,15-21H2,1-3H3,(H,30,32). The van der Waals surface area contributed by atoms with E-state index in [4.69, 9.17) is 4.74 Å². The molecule has 5 heteroatoms. The lowest BCUT2D eigenvalue weighted by atomic mass is 9.97. The number of unbranched alkanes of at least 4 members (excludes halogenated alkanes) is 2. The molecule has 2 aromatic carbocycles. The van der Waals surface area contributed by atoms with Crippen LogP contribution in [0.2, 0.25) is 0 Å². The molecule has 0 unspecified atom stereocenters. The minimum Gasteiger partial charge on any atom is -0.493 e. The molecule has 33 heavy (non-hydrogen) atoms. The maximum atomic E-state index is 13.8. The zero-order valence-electron chi connectivity index (χ0n) is 20.4. The van der Waals surface area contributed by atoms with E-state index in [9.17, 15) is 9.18 Å². The highest BCUT2D eigenvalue weighted by Gasteiger charge is 2.25. The summed E-state index contributed by atoms with van der Waals surface area (Å²) in [6.45, 7) is 9.26. The molecule has 0 radical (unpaired) electrons. The Bertz CT molecular complexity index is 851. The molecule has 0 bridgehead atoms. The normalized spacial score (nSPS) is 15.4. The Labute approximate surface area is 198 Å². The Hall–Kier alpha value is -2.40. The van der Waals surface area contributed by atoms with Gasteiger partial charge in [-0.15, -0.1) is 0 Å². The smallest absolute Gasteiger partial charge is 0.251 e. The molecule has 1 aliphatic heterocycles. The van der Waals surface area contributed by atoms with Gasteiger partial charge in [0.15, 0.2) is 0 Å². The molecule has 0 spiro atoms. The number of alkyl halides is 1. The van der Waals surface area contributed by atoms with Crippen molar-refractivity contribution in [3.05, 3.63) is 54.1 Å². The predicted octanol–water partition coefficient (Wildman–Crippen LogP) is 6.11. The van der Waals surface area contributed by atoms with Crippen molar-refractivity contribution in [2.75, 3.05) is 32.8 Å². The van der Waals surface area contributed by atoms with Gasteiger partial charge in [0.05, 0.1) is 6.61 Å². The van der Waals surface area contributed by atoms with Crippen LogP contribution < -0.4 is 10.1 Å². The van der Waals surface area contributed by atoms with Crippen molar-refractivity contribution < 1.29 is 13.9 Å². The third-order valence-corrected chi connectivity index (χ3v) is 6.19. The molecule has 4 nitrogen and oxygen atoms in total. The molecule has 1 N–H and O–H groups in total. The fraction of sp³-hybridized carbons (Fsp3) is 0.536. The van der Waals surface area contributed by atoms with Gasteiger partial charge in [0.25, 0.3) is 5.91 Å². The lowest BCUT2D eigenvalue weighted by Gasteiger charge is -2.34. The van der Waals surface area contributed by atoms with E-state index >= 15 is 0 Å². The van der Waals surface area contributed by atoms with Crippen LogP contribution in [-0.4, -0.2) is 49.3 Å². The number of likely N-dealkylation sites (tertiary alicyclic amines) is 1. The Morgan fingerprint density at radius 3 is 2.21 bits per heavy atom. The van der Waals surface area contributed by atoms with E-state index in [1.165, 1.54) is 0 Å². The molecule has 3 rings (SSSR count). The molecule has 0 saturated carbocycles. The van der Waals surface area contributed by atoms with Gasteiger partial charge in [-0.2, -0.15) is 0 Å². The van der Waals surface area contributed by atoms with E-state index < -0.39 is 5.67 Å². The van der Waals surface area contributed by atoms with Crippen LogP contribution in [0.15, 0.2) is 48.5 Å². The number of hydrogen-bond donors (Lipinski definition) is 1. The summed E-state index contributed by atoms with van der Waals surface area (Å²) in [5.74, 6) is 1.37. The number of nitrogens with zero attached hydrogens (tertiary/aromatic N) is 1. The maximum Gasteiger partial charge on any atom is 0.251 e. The minimum absolute atomic E-state index is 0.0133. The monoisotopic (exact) mass is 454 g/mol. The number of rotatable bonds is 11. The number of piperidine rings is 1. The summed E-state index contributed by atoms with van der Waals surface area (Å²) in [5.41, 5.74) is 1.73. The van der Waals surface area contributed by atoms with E-state index in [1.54, 1.807) is 13.8 Å². The summed E-state index contributed by atoms with van der Waals surface area (Å²) >= 11 is 0. The highest BCUT2D eigenvalue weighted by Crippen LogP contribution is 2.25. The second-order valence-corrected chi connectivity index (χ2v) is 9.81. The van der Waals surface area contributed by atoms with E-state index in [2.05, 4.69) is 29.3 Å². The lowest BCUT2D eigenvalue weighted by molar-refractivity contribution is 0.0836. The second-order valence-electron chi connectivity index (χ2n) is 9.81. The summed E-state index contributed by atoms with van der Waals surface area (Å²) in [6, 6.07) is 15.9. The molecule has 1 saturated heterocycles. The highest BCUT2D eigenvalue weighted by molar-refractivity contribution is 5.94. The van der Waals surface area contributed by atoms with Gasteiger partial charge in [0.1, 0.15) is 11.4 Å². The van der Waals surface area contributed by atoms with Crippen LogP contribution in [0.4, 0.5) is 4.39 Å². The zero-order chi connectivity index (χ0) is 23.7. The first kappa shape index (κ1) is 25.2. The van der Waals surface area contributed by atoms with Gasteiger partial charge in [0.2, 0.25) is 0 Å². The lowest BCUT2D eigenvalue weighted by Crippen LogP contribution is -2.41. The van der Waals surface area contributed by atoms with Gasteiger partial charge in [0, 0.05) is 18.7 Å². The molecule has 1 heterocycles. The van der Waals surface area contributed by atoms with Crippen molar-refractivity contribution in [1.82, 2.24) is 10.2 Å². The topological polar surface area (TPSA) is 41.6 Å². The Morgan fingerprint density at radius 1 is 1.03 bits per heavy atom. The first-order valence-electron chi connectivity index (χ1n) is 12.4. The summed E-state index contributed by atoms with van der Waals surface area (Å²) in [6.07, 6.45) is 5.40. The van der Waals surface area contributed by atoms with Crippen molar-refractivity contribution in [2.24, 2.45) is 5.92 Å². The Morgan fingerprint density at radius 2 is 1.64 bits per heavy atom. The van der Waals surface area contributed by atoms with E-state index in [1.807, 2.05) is 36.4 Å². The number of halogens is 1. The van der Waals surface area contributed by atoms with Crippen molar-refractivity contribution >= 4 is 5.91 Å². The largest absolute Gasteiger partial charge is 0.493 e. The third kappa shape index (κ3) is 8.47. The predicted molar refractivity (Wildman–Crippen MR) is 134 cm³/mol. The first-order chi connectivity index (χ1) is 15.8. The van der Waals surface area contributed by atoms with Crippen LogP contribution in [0.3, 0.4) is 0 Å². The molecule has 1 fully saturated rings. The number of hydrogen-bond acceptors (Lipinski definition) is 3. The first-order valence-corrected chi connectivity index (χ1v) is 12.4. The third-order valence-electron chi connectivity index (χ3n) is 6.19. The number of benzene rings is 2. The summed E-state index contributed by atoms with van der Waals surface area (Å²) in [5, 5.41) is 2.98. The van der Waals surface area contributed by atoms with Crippen LogP contribution in [0.5, 0.6) is 5.75 Å². The van der Waals surface area contributed by atoms with Gasteiger partial charge >= 0.3 is 0 Å². The molecular weight excluding hydrogens is 415 g/mol. The average molecular weight is 455 g/mol. The summed E-state index contributed by atoms with van der Waals surface area (Å²) in [4.78, 5) is 14.4. The van der Waals surface area contributed by atoms with Crippen LogP contribution >= 0.6 is 0 Å². The zero-order valence-corrected chi connectivity index (χ0v) is 20.4.